The maximum Gasteiger partial charge on any atom is 0.376 e. The minimum absolute atomic E-state index is 0.0999. The van der Waals surface area contributed by atoms with Crippen molar-refractivity contribution >= 4 is 11.8 Å². The Balaban J connectivity index is 2.15. The summed E-state index contributed by atoms with van der Waals surface area (Å²) in [6.07, 6.45) is 3.82. The van der Waals surface area contributed by atoms with Gasteiger partial charge in [0.1, 0.15) is 5.82 Å². The molecule has 2 rings (SSSR count). The fourth-order valence-corrected chi connectivity index (χ4v) is 2.36. The lowest BCUT2D eigenvalue weighted by Gasteiger charge is -2.35. The first kappa shape index (κ1) is 13.7. The van der Waals surface area contributed by atoms with Crippen LogP contribution in [0.1, 0.15) is 30.4 Å². The van der Waals surface area contributed by atoms with Crippen molar-refractivity contribution in [3.05, 3.63) is 18.1 Å². The smallest absolute Gasteiger partial charge is 0.376 e. The molecule has 1 aliphatic heterocycles. The van der Waals surface area contributed by atoms with Gasteiger partial charge < -0.3 is 15.4 Å². The zero-order valence-electron chi connectivity index (χ0n) is 11.4. The summed E-state index contributed by atoms with van der Waals surface area (Å²) in [7, 11) is 1.32. The maximum absolute atomic E-state index is 11.4. The van der Waals surface area contributed by atoms with E-state index in [1.165, 1.54) is 7.11 Å². The molecule has 0 saturated carbocycles. The molecule has 0 radical (unpaired) electrons. The van der Waals surface area contributed by atoms with Gasteiger partial charge in [-0.1, -0.05) is 0 Å². The third kappa shape index (κ3) is 3.20. The number of hydrogen-bond donors (Lipinski definition) is 1. The number of carbonyl (C=O) groups excluding carboxylic acids is 1. The van der Waals surface area contributed by atoms with Crippen molar-refractivity contribution < 1.29 is 9.53 Å². The summed E-state index contributed by atoms with van der Waals surface area (Å²) in [6, 6.07) is 1.99. The number of methoxy groups -OCH3 is 1. The molecule has 104 valence electrons. The number of nitrogens with two attached hydrogens (primary N) is 1. The second kappa shape index (κ2) is 5.97. The number of piperidine rings is 1. The van der Waals surface area contributed by atoms with Crippen LogP contribution in [0.2, 0.25) is 0 Å². The molecule has 1 saturated heterocycles. The lowest BCUT2D eigenvalue weighted by Crippen LogP contribution is -2.42. The fourth-order valence-electron chi connectivity index (χ4n) is 2.36. The van der Waals surface area contributed by atoms with Gasteiger partial charge in [-0.25, -0.2) is 14.8 Å². The first-order valence-corrected chi connectivity index (χ1v) is 6.53. The van der Waals surface area contributed by atoms with E-state index in [-0.39, 0.29) is 11.9 Å². The van der Waals surface area contributed by atoms with Crippen molar-refractivity contribution in [1.82, 2.24) is 9.97 Å². The van der Waals surface area contributed by atoms with E-state index in [2.05, 4.69) is 19.6 Å². The van der Waals surface area contributed by atoms with Crippen LogP contribution in [-0.4, -0.2) is 42.2 Å². The van der Waals surface area contributed by atoms with Crippen LogP contribution >= 0.6 is 0 Å². The monoisotopic (exact) mass is 264 g/mol. The van der Waals surface area contributed by atoms with Crippen LogP contribution in [0.4, 0.5) is 5.82 Å². The van der Waals surface area contributed by atoms with Crippen molar-refractivity contribution in [2.24, 2.45) is 11.7 Å². The topological polar surface area (TPSA) is 81.3 Å². The van der Waals surface area contributed by atoms with Gasteiger partial charge in [-0.3, -0.25) is 0 Å². The quantitative estimate of drug-likeness (QED) is 0.814. The second-order valence-corrected chi connectivity index (χ2v) is 4.94. The molecule has 2 atom stereocenters. The highest BCUT2D eigenvalue weighted by molar-refractivity contribution is 5.85. The average Bonchev–Trinajstić information content (AvgIpc) is 2.46. The predicted molar refractivity (Wildman–Crippen MR) is 72.0 cm³/mol. The second-order valence-electron chi connectivity index (χ2n) is 4.94. The van der Waals surface area contributed by atoms with Crippen molar-refractivity contribution in [2.45, 2.75) is 25.8 Å². The SMILES string of the molecule is COC(=O)c1nccc(N2CCCC(C(C)N)C2)n1. The molecule has 1 aromatic rings. The Bertz CT molecular complexity index is 450. The summed E-state index contributed by atoms with van der Waals surface area (Å²) in [5.41, 5.74) is 5.97. The van der Waals surface area contributed by atoms with E-state index in [9.17, 15) is 4.79 Å². The first-order chi connectivity index (χ1) is 9.11. The molecule has 2 N–H and O–H groups in total. The Hall–Kier alpha value is -1.69. The molecule has 1 aromatic heterocycles. The molecule has 2 heterocycles. The molecular formula is C13H20N4O2. The lowest BCUT2D eigenvalue weighted by atomic mass is 9.92. The summed E-state index contributed by atoms with van der Waals surface area (Å²) in [5, 5.41) is 0. The Morgan fingerprint density at radius 2 is 2.42 bits per heavy atom. The largest absolute Gasteiger partial charge is 0.463 e. The highest BCUT2D eigenvalue weighted by Crippen LogP contribution is 2.23. The number of carbonyl (C=O) groups is 1. The van der Waals surface area contributed by atoms with E-state index in [1.54, 1.807) is 6.20 Å². The fraction of sp³-hybridized carbons (Fsp3) is 0.615. The van der Waals surface area contributed by atoms with Gasteiger partial charge in [0.05, 0.1) is 7.11 Å². The maximum atomic E-state index is 11.4. The molecule has 0 spiro atoms. The molecule has 0 amide bonds. The van der Waals surface area contributed by atoms with E-state index in [1.807, 2.05) is 13.0 Å². The minimum Gasteiger partial charge on any atom is -0.463 e. The van der Waals surface area contributed by atoms with E-state index in [4.69, 9.17) is 5.73 Å². The summed E-state index contributed by atoms with van der Waals surface area (Å²) >= 11 is 0. The van der Waals surface area contributed by atoms with E-state index < -0.39 is 5.97 Å². The Morgan fingerprint density at radius 3 is 3.11 bits per heavy atom. The Kier molecular flexibility index (Phi) is 4.31. The van der Waals surface area contributed by atoms with Gasteiger partial charge in [0.2, 0.25) is 5.82 Å². The molecule has 2 unspecified atom stereocenters. The van der Waals surface area contributed by atoms with Crippen LogP contribution in [0.15, 0.2) is 12.3 Å². The Morgan fingerprint density at radius 1 is 1.63 bits per heavy atom. The molecule has 6 nitrogen and oxygen atoms in total. The first-order valence-electron chi connectivity index (χ1n) is 6.53. The summed E-state index contributed by atoms with van der Waals surface area (Å²) in [5.74, 6) is 0.816. The molecule has 0 aliphatic carbocycles. The third-order valence-corrected chi connectivity index (χ3v) is 3.53. The van der Waals surface area contributed by atoms with E-state index in [0.29, 0.717) is 5.92 Å². The molecule has 1 aliphatic rings. The summed E-state index contributed by atoms with van der Waals surface area (Å²) in [4.78, 5) is 21.8. The van der Waals surface area contributed by atoms with Gasteiger partial charge in [0.15, 0.2) is 0 Å². The molecular weight excluding hydrogens is 244 g/mol. The number of hydrogen-bond acceptors (Lipinski definition) is 6. The van der Waals surface area contributed by atoms with E-state index in [0.717, 1.165) is 31.7 Å². The number of ether oxygens (including phenoxy) is 1. The number of aromatic nitrogens is 2. The molecule has 19 heavy (non-hydrogen) atoms. The highest BCUT2D eigenvalue weighted by atomic mass is 16.5. The molecule has 0 bridgehead atoms. The van der Waals surface area contributed by atoms with Crippen LogP contribution in [0.3, 0.4) is 0 Å². The van der Waals surface area contributed by atoms with Crippen LogP contribution in [0, 0.1) is 5.92 Å². The zero-order valence-corrected chi connectivity index (χ0v) is 11.4. The molecule has 0 aromatic carbocycles. The van der Waals surface area contributed by atoms with Crippen LogP contribution in [0.25, 0.3) is 0 Å². The molecule has 6 heteroatoms. The van der Waals surface area contributed by atoms with Gasteiger partial charge in [-0.15, -0.1) is 0 Å². The van der Waals surface area contributed by atoms with Crippen molar-refractivity contribution in [3.8, 4) is 0 Å². The number of rotatable bonds is 3. The number of nitrogens with zero attached hydrogens (tertiary/aromatic N) is 3. The van der Waals surface area contributed by atoms with E-state index >= 15 is 0 Å². The predicted octanol–water partition coefficient (Wildman–Crippen LogP) is 0.827. The van der Waals surface area contributed by atoms with Gasteiger partial charge >= 0.3 is 5.97 Å². The minimum atomic E-state index is -0.511. The van der Waals surface area contributed by atoms with Crippen LogP contribution in [0.5, 0.6) is 0 Å². The van der Waals surface area contributed by atoms with Crippen molar-refractivity contribution in [2.75, 3.05) is 25.1 Å². The highest BCUT2D eigenvalue weighted by Gasteiger charge is 2.24. The van der Waals surface area contributed by atoms with Crippen LogP contribution < -0.4 is 10.6 Å². The standard InChI is InChI=1S/C13H20N4O2/c1-9(14)10-4-3-7-17(8-10)11-5-6-15-12(16-11)13(18)19-2/h5-6,9-10H,3-4,7-8,14H2,1-2H3. The van der Waals surface area contributed by atoms with Gasteiger partial charge in [0.25, 0.3) is 0 Å². The van der Waals surface area contributed by atoms with Crippen molar-refractivity contribution in [3.63, 3.8) is 0 Å². The van der Waals surface area contributed by atoms with Crippen molar-refractivity contribution in [1.29, 1.82) is 0 Å². The summed E-state index contributed by atoms with van der Waals surface area (Å²) in [6.45, 7) is 3.84. The normalized spacial score (nSPS) is 21.0. The van der Waals surface area contributed by atoms with Gasteiger partial charge in [-0.2, -0.15) is 0 Å². The molecule has 1 fully saturated rings. The zero-order chi connectivity index (χ0) is 13.8. The van der Waals surface area contributed by atoms with Gasteiger partial charge in [0, 0.05) is 25.3 Å². The van der Waals surface area contributed by atoms with Gasteiger partial charge in [-0.05, 0) is 31.7 Å². The third-order valence-electron chi connectivity index (χ3n) is 3.53. The lowest BCUT2D eigenvalue weighted by molar-refractivity contribution is 0.0586. The Labute approximate surface area is 113 Å². The number of esters is 1. The number of anilines is 1. The van der Waals surface area contributed by atoms with Crippen LogP contribution in [-0.2, 0) is 4.74 Å². The average molecular weight is 264 g/mol. The summed E-state index contributed by atoms with van der Waals surface area (Å²) < 4.78 is 4.64.